The number of hydrogen-bond acceptors (Lipinski definition) is 6. The molecule has 1 aromatic heterocycles. The maximum atomic E-state index is 12.2. The summed E-state index contributed by atoms with van der Waals surface area (Å²) in [7, 11) is 0. The molecule has 2 aliphatic rings. The number of anilines is 5. The number of nitrogens with one attached hydrogen (secondary N) is 1. The number of carbonyl (C=O) groups excluding carboxylic acids is 2. The minimum atomic E-state index is -0.490. The Morgan fingerprint density at radius 1 is 1.03 bits per heavy atom. The molecule has 36 heavy (non-hydrogen) atoms. The first-order chi connectivity index (χ1) is 17.5. The molecule has 2 heterocycles. The summed E-state index contributed by atoms with van der Waals surface area (Å²) in [6.07, 6.45) is 4.26. The Hall–Kier alpha value is -4.07. The first kappa shape index (κ1) is 23.7. The Kier molecular flexibility index (Phi) is 6.75. The Bertz CT molecular complexity index is 1220. The van der Waals surface area contributed by atoms with Gasteiger partial charge in [0.2, 0.25) is 5.91 Å². The number of aromatic nitrogens is 1. The zero-order chi connectivity index (χ0) is 25.1. The summed E-state index contributed by atoms with van der Waals surface area (Å²) in [6.45, 7) is 5.07. The highest BCUT2D eigenvalue weighted by molar-refractivity contribution is 6.00. The van der Waals surface area contributed by atoms with Crippen LogP contribution >= 0.6 is 0 Å². The highest BCUT2D eigenvalue weighted by Gasteiger charge is 2.32. The van der Waals surface area contributed by atoms with Crippen molar-refractivity contribution < 1.29 is 9.59 Å². The maximum Gasteiger partial charge on any atom is 0.252 e. The van der Waals surface area contributed by atoms with Crippen LogP contribution in [0.4, 0.5) is 28.6 Å². The van der Waals surface area contributed by atoms with E-state index in [1.54, 1.807) is 6.20 Å². The fourth-order valence-corrected chi connectivity index (χ4v) is 4.71. The van der Waals surface area contributed by atoms with E-state index in [4.69, 9.17) is 5.73 Å². The fourth-order valence-electron chi connectivity index (χ4n) is 4.71. The number of hydrogen-bond donors (Lipinski definition) is 2. The topological polar surface area (TPSA) is 94.8 Å². The molecule has 2 fully saturated rings. The largest absolute Gasteiger partial charge is 0.368 e. The molecule has 2 amide bonds. The summed E-state index contributed by atoms with van der Waals surface area (Å²) in [6, 6.07) is 20.5. The second kappa shape index (κ2) is 10.3. The Balaban J connectivity index is 1.33. The monoisotopic (exact) mass is 484 g/mol. The van der Waals surface area contributed by atoms with Crippen molar-refractivity contribution in [2.24, 2.45) is 5.73 Å². The maximum absolute atomic E-state index is 12.2. The van der Waals surface area contributed by atoms with Crippen molar-refractivity contribution in [1.29, 1.82) is 0 Å². The summed E-state index contributed by atoms with van der Waals surface area (Å²) < 4.78 is 0. The van der Waals surface area contributed by atoms with Crippen molar-refractivity contribution >= 4 is 40.4 Å². The quantitative estimate of drug-likeness (QED) is 0.496. The van der Waals surface area contributed by atoms with Gasteiger partial charge in [0, 0.05) is 68.0 Å². The van der Waals surface area contributed by atoms with Gasteiger partial charge in [-0.3, -0.25) is 9.59 Å². The molecule has 2 aromatic carbocycles. The van der Waals surface area contributed by atoms with E-state index < -0.39 is 5.91 Å². The number of para-hydroxylation sites is 1. The van der Waals surface area contributed by atoms with E-state index in [9.17, 15) is 9.59 Å². The van der Waals surface area contributed by atoms with E-state index >= 15 is 0 Å². The third kappa shape index (κ3) is 5.12. The number of rotatable bonds is 8. The normalized spacial score (nSPS) is 15.5. The lowest BCUT2D eigenvalue weighted by Gasteiger charge is -2.36. The van der Waals surface area contributed by atoms with Gasteiger partial charge in [-0.1, -0.05) is 25.1 Å². The van der Waals surface area contributed by atoms with Crippen LogP contribution in [0.2, 0.25) is 0 Å². The van der Waals surface area contributed by atoms with Gasteiger partial charge in [0.05, 0.1) is 11.3 Å². The molecule has 3 N–H and O–H groups in total. The van der Waals surface area contributed by atoms with Crippen molar-refractivity contribution in [2.45, 2.75) is 32.2 Å². The van der Waals surface area contributed by atoms with Crippen LogP contribution in [0, 0.1) is 0 Å². The minimum absolute atomic E-state index is 0.218. The highest BCUT2D eigenvalue weighted by Crippen LogP contribution is 2.40. The number of nitrogens with zero attached hydrogens (tertiary/aromatic N) is 4. The Morgan fingerprint density at radius 2 is 1.72 bits per heavy atom. The molecule has 0 atom stereocenters. The van der Waals surface area contributed by atoms with Crippen LogP contribution in [-0.2, 0) is 4.79 Å². The molecular weight excluding hydrogens is 452 g/mol. The molecule has 1 aliphatic heterocycles. The number of nitrogens with two attached hydrogens (primary N) is 1. The van der Waals surface area contributed by atoms with Gasteiger partial charge in [-0.15, -0.1) is 0 Å². The van der Waals surface area contributed by atoms with Crippen LogP contribution < -0.4 is 20.9 Å². The van der Waals surface area contributed by atoms with Gasteiger partial charge in [-0.2, -0.15) is 0 Å². The first-order valence-electron chi connectivity index (χ1n) is 12.6. The van der Waals surface area contributed by atoms with Crippen molar-refractivity contribution in [3.05, 3.63) is 72.4 Å². The standard InChI is InChI=1S/C28H32N6O2/c1-2-27(35)33-16-14-32(15-17-33)21-10-8-20(9-11-21)31-26-18-25(24(19-30-26)28(29)36)34(23-12-13-23)22-6-4-3-5-7-22/h3-11,18-19,23H,2,12-17H2,1H3,(H2,29,36)(H,30,31). The number of benzene rings is 2. The third-order valence-corrected chi connectivity index (χ3v) is 6.79. The van der Waals surface area contributed by atoms with E-state index in [1.807, 2.05) is 60.4 Å². The number of piperazine rings is 1. The molecule has 186 valence electrons. The molecule has 5 rings (SSSR count). The Morgan fingerprint density at radius 3 is 2.33 bits per heavy atom. The molecule has 0 unspecified atom stereocenters. The Labute approximate surface area is 211 Å². The predicted molar refractivity (Wildman–Crippen MR) is 143 cm³/mol. The average Bonchev–Trinajstić information content (AvgIpc) is 3.75. The van der Waals surface area contributed by atoms with E-state index in [0.717, 1.165) is 61.8 Å². The molecule has 1 saturated carbocycles. The van der Waals surface area contributed by atoms with Gasteiger partial charge in [0.15, 0.2) is 0 Å². The molecule has 8 heteroatoms. The van der Waals surface area contributed by atoms with Gasteiger partial charge < -0.3 is 25.8 Å². The van der Waals surface area contributed by atoms with Crippen LogP contribution in [-0.4, -0.2) is 53.9 Å². The molecule has 0 bridgehead atoms. The van der Waals surface area contributed by atoms with Crippen molar-refractivity contribution in [3.8, 4) is 0 Å². The molecule has 0 radical (unpaired) electrons. The summed E-state index contributed by atoms with van der Waals surface area (Å²) in [5, 5.41) is 3.37. The van der Waals surface area contributed by atoms with Gasteiger partial charge in [-0.25, -0.2) is 4.98 Å². The second-order valence-electron chi connectivity index (χ2n) is 9.28. The number of carbonyl (C=O) groups is 2. The lowest BCUT2D eigenvalue weighted by atomic mass is 10.1. The van der Waals surface area contributed by atoms with Crippen molar-refractivity contribution in [3.63, 3.8) is 0 Å². The van der Waals surface area contributed by atoms with Crippen LogP contribution in [0.25, 0.3) is 0 Å². The summed E-state index contributed by atoms with van der Waals surface area (Å²) in [4.78, 5) is 35.1. The van der Waals surface area contributed by atoms with Crippen LogP contribution in [0.1, 0.15) is 36.5 Å². The van der Waals surface area contributed by atoms with Gasteiger partial charge in [0.1, 0.15) is 5.82 Å². The lowest BCUT2D eigenvalue weighted by Crippen LogP contribution is -2.48. The predicted octanol–water partition coefficient (Wildman–Crippen LogP) is 4.28. The smallest absolute Gasteiger partial charge is 0.252 e. The van der Waals surface area contributed by atoms with Crippen molar-refractivity contribution in [1.82, 2.24) is 9.88 Å². The lowest BCUT2D eigenvalue weighted by molar-refractivity contribution is -0.131. The average molecular weight is 485 g/mol. The van der Waals surface area contributed by atoms with Crippen LogP contribution in [0.5, 0.6) is 0 Å². The van der Waals surface area contributed by atoms with E-state index in [1.165, 1.54) is 0 Å². The third-order valence-electron chi connectivity index (χ3n) is 6.79. The van der Waals surface area contributed by atoms with Crippen LogP contribution in [0.3, 0.4) is 0 Å². The summed E-state index contributed by atoms with van der Waals surface area (Å²) >= 11 is 0. The highest BCUT2D eigenvalue weighted by atomic mass is 16.2. The second-order valence-corrected chi connectivity index (χ2v) is 9.28. The molecule has 1 saturated heterocycles. The molecule has 0 spiro atoms. The first-order valence-corrected chi connectivity index (χ1v) is 12.6. The summed E-state index contributed by atoms with van der Waals surface area (Å²) in [5.74, 6) is 0.377. The SMILES string of the molecule is CCC(=O)N1CCN(c2ccc(Nc3cc(N(c4ccccc4)C4CC4)c(C(N)=O)cn3)cc2)CC1. The molecular formula is C28H32N6O2. The van der Waals surface area contributed by atoms with Gasteiger partial charge in [-0.05, 0) is 49.2 Å². The van der Waals surface area contributed by atoms with Gasteiger partial charge >= 0.3 is 0 Å². The fraction of sp³-hybridized carbons (Fsp3) is 0.321. The van der Waals surface area contributed by atoms with E-state index in [-0.39, 0.29) is 5.91 Å². The van der Waals surface area contributed by atoms with Gasteiger partial charge in [0.25, 0.3) is 5.91 Å². The molecule has 8 nitrogen and oxygen atoms in total. The van der Waals surface area contributed by atoms with E-state index in [0.29, 0.717) is 23.8 Å². The van der Waals surface area contributed by atoms with Crippen LogP contribution in [0.15, 0.2) is 66.9 Å². The van der Waals surface area contributed by atoms with E-state index in [2.05, 4.69) is 32.2 Å². The number of pyridine rings is 1. The number of primary amides is 1. The molecule has 1 aliphatic carbocycles. The zero-order valence-electron chi connectivity index (χ0n) is 20.6. The molecule has 3 aromatic rings. The minimum Gasteiger partial charge on any atom is -0.368 e. The zero-order valence-corrected chi connectivity index (χ0v) is 20.6. The summed E-state index contributed by atoms with van der Waals surface area (Å²) in [5.41, 5.74) is 9.97. The number of amides is 2. The van der Waals surface area contributed by atoms with Crippen molar-refractivity contribution in [2.75, 3.05) is 41.3 Å².